The molecule has 0 radical (unpaired) electrons. The molecule has 1 atom stereocenters. The molecule has 0 aliphatic carbocycles. The summed E-state index contributed by atoms with van der Waals surface area (Å²) in [6.45, 7) is 4.97. The normalized spacial score (nSPS) is 19.6. The maximum absolute atomic E-state index is 12.6. The van der Waals surface area contributed by atoms with E-state index in [0.717, 1.165) is 5.56 Å². The number of hydrogen-bond acceptors (Lipinski definition) is 2. The van der Waals surface area contributed by atoms with Gasteiger partial charge in [-0.05, 0) is 24.0 Å². The second kappa shape index (κ2) is 6.94. The van der Waals surface area contributed by atoms with Gasteiger partial charge in [0.05, 0.1) is 0 Å². The molecule has 1 N–H and O–H groups in total. The summed E-state index contributed by atoms with van der Waals surface area (Å²) in [7, 11) is 0. The molecule has 2 amide bonds. The smallest absolute Gasteiger partial charge is 0.245 e. The molecule has 114 valence electrons. The molecule has 1 saturated heterocycles. The Bertz CT molecular complexity index is 531. The van der Waals surface area contributed by atoms with Crippen molar-refractivity contribution in [1.29, 1.82) is 0 Å². The Hall–Kier alpha value is -1.55. The number of benzene rings is 1. The fourth-order valence-corrected chi connectivity index (χ4v) is 2.71. The minimum atomic E-state index is -0.428. The molecule has 1 aliphatic heterocycles. The van der Waals surface area contributed by atoms with Gasteiger partial charge in [0, 0.05) is 24.5 Å². The molecular weight excluding hydrogens is 288 g/mol. The number of nitrogens with zero attached hydrogens (tertiary/aromatic N) is 1. The molecule has 4 nitrogen and oxygen atoms in total. The van der Waals surface area contributed by atoms with E-state index in [2.05, 4.69) is 5.32 Å². The van der Waals surface area contributed by atoms with Gasteiger partial charge in [0.25, 0.3) is 0 Å². The zero-order chi connectivity index (χ0) is 15.4. The Balaban J connectivity index is 2.15. The van der Waals surface area contributed by atoms with Crippen LogP contribution < -0.4 is 5.32 Å². The van der Waals surface area contributed by atoms with Crippen molar-refractivity contribution in [3.8, 4) is 0 Å². The van der Waals surface area contributed by atoms with Crippen LogP contribution in [-0.4, -0.2) is 29.3 Å². The van der Waals surface area contributed by atoms with Crippen molar-refractivity contribution in [2.45, 2.75) is 39.3 Å². The highest BCUT2D eigenvalue weighted by Gasteiger charge is 2.30. The van der Waals surface area contributed by atoms with Crippen molar-refractivity contribution in [1.82, 2.24) is 10.2 Å². The lowest BCUT2D eigenvalue weighted by molar-refractivity contribution is -0.134. The largest absolute Gasteiger partial charge is 0.344 e. The van der Waals surface area contributed by atoms with Crippen molar-refractivity contribution in [2.24, 2.45) is 5.92 Å². The van der Waals surface area contributed by atoms with Gasteiger partial charge in [-0.15, -0.1) is 0 Å². The molecular formula is C16H21ClN2O2. The number of carbonyl (C=O) groups is 2. The van der Waals surface area contributed by atoms with Gasteiger partial charge in [-0.25, -0.2) is 0 Å². The average molecular weight is 309 g/mol. The van der Waals surface area contributed by atoms with Crippen LogP contribution in [0.5, 0.6) is 0 Å². The van der Waals surface area contributed by atoms with Crippen LogP contribution in [0.4, 0.5) is 0 Å². The number of rotatable bonds is 4. The number of amides is 2. The highest BCUT2D eigenvalue weighted by Crippen LogP contribution is 2.19. The second-order valence-corrected chi connectivity index (χ2v) is 6.26. The first-order chi connectivity index (χ1) is 9.97. The third kappa shape index (κ3) is 4.21. The SMILES string of the molecule is CC(C)CC1NC(=O)CCN(Cc2ccccc2Cl)C1=O. The quantitative estimate of drug-likeness (QED) is 0.929. The highest BCUT2D eigenvalue weighted by atomic mass is 35.5. The summed E-state index contributed by atoms with van der Waals surface area (Å²) in [5.74, 6) is 0.268. The van der Waals surface area contributed by atoms with Gasteiger partial charge >= 0.3 is 0 Å². The van der Waals surface area contributed by atoms with E-state index in [9.17, 15) is 9.59 Å². The van der Waals surface area contributed by atoms with E-state index in [1.165, 1.54) is 0 Å². The molecule has 21 heavy (non-hydrogen) atoms. The molecule has 1 fully saturated rings. The zero-order valence-electron chi connectivity index (χ0n) is 12.4. The van der Waals surface area contributed by atoms with Crippen LogP contribution >= 0.6 is 11.6 Å². The lowest BCUT2D eigenvalue weighted by atomic mass is 10.0. The monoisotopic (exact) mass is 308 g/mol. The zero-order valence-corrected chi connectivity index (χ0v) is 13.2. The van der Waals surface area contributed by atoms with E-state index in [0.29, 0.717) is 36.9 Å². The van der Waals surface area contributed by atoms with Gasteiger partial charge in [0.15, 0.2) is 0 Å². The summed E-state index contributed by atoms with van der Waals surface area (Å²) < 4.78 is 0. The van der Waals surface area contributed by atoms with Crippen molar-refractivity contribution < 1.29 is 9.59 Å². The van der Waals surface area contributed by atoms with E-state index in [1.54, 1.807) is 4.90 Å². The summed E-state index contributed by atoms with van der Waals surface area (Å²) in [5, 5.41) is 3.47. The molecule has 0 saturated carbocycles. The van der Waals surface area contributed by atoms with Crippen LogP contribution in [-0.2, 0) is 16.1 Å². The van der Waals surface area contributed by atoms with E-state index >= 15 is 0 Å². The Kier molecular flexibility index (Phi) is 5.23. The van der Waals surface area contributed by atoms with E-state index < -0.39 is 6.04 Å². The fourth-order valence-electron chi connectivity index (χ4n) is 2.52. The minimum Gasteiger partial charge on any atom is -0.344 e. The van der Waals surface area contributed by atoms with Crippen molar-refractivity contribution in [2.75, 3.05) is 6.54 Å². The van der Waals surface area contributed by atoms with Crippen LogP contribution in [0.3, 0.4) is 0 Å². The van der Waals surface area contributed by atoms with Gasteiger partial charge in [-0.2, -0.15) is 0 Å². The first-order valence-electron chi connectivity index (χ1n) is 7.29. The van der Waals surface area contributed by atoms with Gasteiger partial charge in [0.2, 0.25) is 11.8 Å². The Morgan fingerprint density at radius 2 is 2.05 bits per heavy atom. The first-order valence-corrected chi connectivity index (χ1v) is 7.66. The van der Waals surface area contributed by atoms with Crippen molar-refractivity contribution in [3.63, 3.8) is 0 Å². The number of hydrogen-bond donors (Lipinski definition) is 1. The molecule has 5 heteroatoms. The third-order valence-electron chi connectivity index (χ3n) is 3.58. The van der Waals surface area contributed by atoms with Gasteiger partial charge in [-0.3, -0.25) is 9.59 Å². The maximum Gasteiger partial charge on any atom is 0.245 e. The predicted octanol–water partition coefficient (Wildman–Crippen LogP) is 2.60. The van der Waals surface area contributed by atoms with E-state index in [1.807, 2.05) is 38.1 Å². The number of carbonyl (C=O) groups excluding carboxylic acids is 2. The van der Waals surface area contributed by atoms with Crippen LogP contribution in [0.2, 0.25) is 5.02 Å². The fraction of sp³-hybridized carbons (Fsp3) is 0.500. The predicted molar refractivity (Wildman–Crippen MR) is 82.9 cm³/mol. The lowest BCUT2D eigenvalue weighted by Gasteiger charge is -2.25. The van der Waals surface area contributed by atoms with Crippen LogP contribution in [0.1, 0.15) is 32.3 Å². The summed E-state index contributed by atoms with van der Waals surface area (Å²) in [6, 6.07) is 7.06. The molecule has 1 unspecified atom stereocenters. The summed E-state index contributed by atoms with van der Waals surface area (Å²) in [5.41, 5.74) is 0.908. The molecule has 1 aromatic carbocycles. The average Bonchev–Trinajstić information content (AvgIpc) is 2.54. The van der Waals surface area contributed by atoms with Crippen molar-refractivity contribution >= 4 is 23.4 Å². The number of nitrogens with one attached hydrogen (secondary N) is 1. The Morgan fingerprint density at radius 1 is 1.33 bits per heavy atom. The van der Waals surface area contributed by atoms with Gasteiger partial charge < -0.3 is 10.2 Å². The third-order valence-corrected chi connectivity index (χ3v) is 3.95. The summed E-state index contributed by atoms with van der Waals surface area (Å²) >= 11 is 6.16. The first kappa shape index (κ1) is 15.8. The molecule has 1 heterocycles. The molecule has 1 aliphatic rings. The summed E-state index contributed by atoms with van der Waals surface area (Å²) in [6.07, 6.45) is 0.994. The molecule has 0 aromatic heterocycles. The van der Waals surface area contributed by atoms with Crippen LogP contribution in [0, 0.1) is 5.92 Å². The van der Waals surface area contributed by atoms with Gasteiger partial charge in [-0.1, -0.05) is 43.6 Å². The van der Waals surface area contributed by atoms with Crippen molar-refractivity contribution in [3.05, 3.63) is 34.9 Å². The molecule has 2 rings (SSSR count). The second-order valence-electron chi connectivity index (χ2n) is 5.85. The standard InChI is InChI=1S/C16H21ClN2O2/c1-11(2)9-14-16(21)19(8-7-15(20)18-14)10-12-5-3-4-6-13(12)17/h3-6,11,14H,7-10H2,1-2H3,(H,18,20). The molecule has 1 aromatic rings. The van der Waals surface area contributed by atoms with E-state index in [4.69, 9.17) is 11.6 Å². The Labute approximate surface area is 130 Å². The van der Waals surface area contributed by atoms with E-state index in [-0.39, 0.29) is 11.8 Å². The minimum absolute atomic E-state index is 0.0190. The lowest BCUT2D eigenvalue weighted by Crippen LogP contribution is -2.45. The molecule has 0 spiro atoms. The van der Waals surface area contributed by atoms with Crippen LogP contribution in [0.15, 0.2) is 24.3 Å². The summed E-state index contributed by atoms with van der Waals surface area (Å²) in [4.78, 5) is 26.1. The maximum atomic E-state index is 12.6. The molecule has 0 bridgehead atoms. The highest BCUT2D eigenvalue weighted by molar-refractivity contribution is 6.31. The van der Waals surface area contributed by atoms with Gasteiger partial charge in [0.1, 0.15) is 6.04 Å². The Morgan fingerprint density at radius 3 is 2.71 bits per heavy atom. The van der Waals surface area contributed by atoms with Crippen LogP contribution in [0.25, 0.3) is 0 Å². The number of halogens is 1. The topological polar surface area (TPSA) is 49.4 Å².